The molecule has 2 aromatic carbocycles. The number of anilines is 1. The minimum absolute atomic E-state index is 0.140. The molecule has 1 atom stereocenters. The van der Waals surface area contributed by atoms with Crippen LogP contribution in [0.2, 0.25) is 0 Å². The Balaban J connectivity index is 1.63. The van der Waals surface area contributed by atoms with Gasteiger partial charge in [-0.25, -0.2) is 0 Å². The number of nitrogens with one attached hydrogen (secondary N) is 1. The second-order valence-electron chi connectivity index (χ2n) is 5.70. The zero-order valence-corrected chi connectivity index (χ0v) is 13.6. The van der Waals surface area contributed by atoms with Crippen LogP contribution in [0.3, 0.4) is 0 Å². The van der Waals surface area contributed by atoms with Crippen molar-refractivity contribution in [3.63, 3.8) is 0 Å². The highest BCUT2D eigenvalue weighted by Crippen LogP contribution is 2.25. The molecule has 3 rings (SSSR count). The third kappa shape index (κ3) is 3.25. The quantitative estimate of drug-likeness (QED) is 0.859. The first-order valence-corrected chi connectivity index (χ1v) is 7.96. The number of methoxy groups -OCH3 is 1. The molecule has 2 amide bonds. The molecule has 0 bridgehead atoms. The molecule has 0 saturated carbocycles. The van der Waals surface area contributed by atoms with E-state index in [4.69, 9.17) is 4.74 Å². The van der Waals surface area contributed by atoms with Gasteiger partial charge in [-0.2, -0.15) is 0 Å². The maximum absolute atomic E-state index is 12.5. The Morgan fingerprint density at radius 1 is 1.17 bits per heavy atom. The SMILES string of the molecule is COc1ccccc1CNC(=O)[C@@H]1CCN(c2ccccc2)C1=O. The summed E-state index contributed by atoms with van der Waals surface area (Å²) in [6, 6.07) is 17.0. The topological polar surface area (TPSA) is 58.6 Å². The number of carbonyl (C=O) groups is 2. The fourth-order valence-electron chi connectivity index (χ4n) is 2.94. The van der Waals surface area contributed by atoms with Crippen LogP contribution in [0.4, 0.5) is 5.69 Å². The summed E-state index contributed by atoms with van der Waals surface area (Å²) in [7, 11) is 1.60. The summed E-state index contributed by atoms with van der Waals surface area (Å²) >= 11 is 0. The van der Waals surface area contributed by atoms with Crippen molar-refractivity contribution in [2.75, 3.05) is 18.6 Å². The standard InChI is InChI=1S/C19H20N2O3/c1-24-17-10-6-5-7-14(17)13-20-18(22)16-11-12-21(19(16)23)15-8-3-2-4-9-15/h2-10,16H,11-13H2,1H3,(H,20,22)/t16-/m0/s1. The largest absolute Gasteiger partial charge is 0.496 e. The summed E-state index contributed by atoms with van der Waals surface area (Å²) < 4.78 is 5.27. The van der Waals surface area contributed by atoms with E-state index in [0.29, 0.717) is 19.5 Å². The molecule has 24 heavy (non-hydrogen) atoms. The lowest BCUT2D eigenvalue weighted by molar-refractivity contribution is -0.132. The molecule has 0 radical (unpaired) electrons. The molecule has 1 fully saturated rings. The molecule has 5 heteroatoms. The highest BCUT2D eigenvalue weighted by molar-refractivity contribution is 6.09. The molecule has 0 spiro atoms. The van der Waals surface area contributed by atoms with Crippen molar-refractivity contribution in [2.45, 2.75) is 13.0 Å². The Labute approximate surface area is 141 Å². The number of rotatable bonds is 5. The molecule has 0 aromatic heterocycles. The van der Waals surface area contributed by atoms with E-state index < -0.39 is 5.92 Å². The molecular formula is C19H20N2O3. The maximum atomic E-state index is 12.5. The first-order chi connectivity index (χ1) is 11.7. The fourth-order valence-corrected chi connectivity index (χ4v) is 2.94. The third-order valence-electron chi connectivity index (χ3n) is 4.24. The van der Waals surface area contributed by atoms with Gasteiger partial charge in [0.2, 0.25) is 11.8 Å². The monoisotopic (exact) mass is 324 g/mol. The van der Waals surface area contributed by atoms with Gasteiger partial charge in [-0.1, -0.05) is 36.4 Å². The number of ether oxygens (including phenoxy) is 1. The van der Waals surface area contributed by atoms with Gasteiger partial charge in [-0.05, 0) is 24.6 Å². The van der Waals surface area contributed by atoms with E-state index in [1.54, 1.807) is 12.0 Å². The average molecular weight is 324 g/mol. The van der Waals surface area contributed by atoms with Crippen LogP contribution >= 0.6 is 0 Å². The van der Waals surface area contributed by atoms with Gasteiger partial charge in [-0.3, -0.25) is 9.59 Å². The van der Waals surface area contributed by atoms with E-state index in [1.165, 1.54) is 0 Å². The van der Waals surface area contributed by atoms with Crippen LogP contribution in [-0.2, 0) is 16.1 Å². The molecule has 5 nitrogen and oxygen atoms in total. The Bertz CT molecular complexity index is 730. The molecular weight excluding hydrogens is 304 g/mol. The molecule has 1 saturated heterocycles. The lowest BCUT2D eigenvalue weighted by Gasteiger charge is -2.16. The number of benzene rings is 2. The van der Waals surface area contributed by atoms with E-state index in [-0.39, 0.29) is 11.8 Å². The zero-order valence-electron chi connectivity index (χ0n) is 13.6. The summed E-state index contributed by atoms with van der Waals surface area (Å²) in [5.41, 5.74) is 1.72. The molecule has 124 valence electrons. The average Bonchev–Trinajstić information content (AvgIpc) is 3.02. The molecule has 1 N–H and O–H groups in total. The van der Waals surface area contributed by atoms with Crippen molar-refractivity contribution in [3.05, 3.63) is 60.2 Å². The second kappa shape index (κ2) is 7.17. The molecule has 1 aliphatic heterocycles. The first kappa shape index (κ1) is 16.1. The van der Waals surface area contributed by atoms with Gasteiger partial charge in [0.1, 0.15) is 11.7 Å². The number of carbonyl (C=O) groups excluding carboxylic acids is 2. The normalized spacial score (nSPS) is 17.0. The number of hydrogen-bond acceptors (Lipinski definition) is 3. The molecule has 2 aromatic rings. The molecule has 0 aliphatic carbocycles. The molecule has 0 unspecified atom stereocenters. The van der Waals surface area contributed by atoms with E-state index in [9.17, 15) is 9.59 Å². The van der Waals surface area contributed by atoms with Gasteiger partial charge in [-0.15, -0.1) is 0 Å². The van der Waals surface area contributed by atoms with Gasteiger partial charge in [0, 0.05) is 24.3 Å². The van der Waals surface area contributed by atoms with Crippen LogP contribution in [-0.4, -0.2) is 25.5 Å². The third-order valence-corrected chi connectivity index (χ3v) is 4.24. The van der Waals surface area contributed by atoms with Crippen molar-refractivity contribution >= 4 is 17.5 Å². The minimum Gasteiger partial charge on any atom is -0.496 e. The Hall–Kier alpha value is -2.82. The van der Waals surface area contributed by atoms with E-state index in [1.807, 2.05) is 54.6 Å². The highest BCUT2D eigenvalue weighted by Gasteiger charge is 2.37. The van der Waals surface area contributed by atoms with Crippen LogP contribution in [0.5, 0.6) is 5.75 Å². The smallest absolute Gasteiger partial charge is 0.239 e. The summed E-state index contributed by atoms with van der Waals surface area (Å²) in [6.07, 6.45) is 0.533. The summed E-state index contributed by atoms with van der Waals surface area (Å²) in [6.45, 7) is 0.910. The Morgan fingerprint density at radius 2 is 1.88 bits per heavy atom. The van der Waals surface area contributed by atoms with Crippen LogP contribution in [0.1, 0.15) is 12.0 Å². The molecule has 1 aliphatic rings. The maximum Gasteiger partial charge on any atom is 0.239 e. The fraction of sp³-hybridized carbons (Fsp3) is 0.263. The Kier molecular flexibility index (Phi) is 4.79. The van der Waals surface area contributed by atoms with Crippen LogP contribution in [0.25, 0.3) is 0 Å². The van der Waals surface area contributed by atoms with E-state index in [0.717, 1.165) is 17.0 Å². The Morgan fingerprint density at radius 3 is 2.62 bits per heavy atom. The predicted molar refractivity (Wildman–Crippen MR) is 91.7 cm³/mol. The van der Waals surface area contributed by atoms with E-state index in [2.05, 4.69) is 5.32 Å². The number of hydrogen-bond donors (Lipinski definition) is 1. The van der Waals surface area contributed by atoms with Crippen molar-refractivity contribution < 1.29 is 14.3 Å². The van der Waals surface area contributed by atoms with E-state index >= 15 is 0 Å². The van der Waals surface area contributed by atoms with Gasteiger partial charge in [0.05, 0.1) is 7.11 Å². The lowest BCUT2D eigenvalue weighted by Crippen LogP contribution is -2.36. The van der Waals surface area contributed by atoms with Crippen LogP contribution in [0.15, 0.2) is 54.6 Å². The molecule has 1 heterocycles. The minimum atomic E-state index is -0.625. The van der Waals surface area contributed by atoms with Gasteiger partial charge in [0.25, 0.3) is 0 Å². The number of amides is 2. The van der Waals surface area contributed by atoms with Gasteiger partial charge >= 0.3 is 0 Å². The summed E-state index contributed by atoms with van der Waals surface area (Å²) in [5.74, 6) is -0.274. The highest BCUT2D eigenvalue weighted by atomic mass is 16.5. The number of para-hydroxylation sites is 2. The van der Waals surface area contributed by atoms with Crippen LogP contribution in [0, 0.1) is 5.92 Å². The second-order valence-corrected chi connectivity index (χ2v) is 5.70. The van der Waals surface area contributed by atoms with Gasteiger partial charge in [0.15, 0.2) is 0 Å². The predicted octanol–water partition coefficient (Wildman–Crippen LogP) is 2.36. The van der Waals surface area contributed by atoms with Crippen LogP contribution < -0.4 is 15.0 Å². The van der Waals surface area contributed by atoms with Crippen molar-refractivity contribution in [1.82, 2.24) is 5.32 Å². The number of nitrogens with zero attached hydrogens (tertiary/aromatic N) is 1. The first-order valence-electron chi connectivity index (χ1n) is 7.96. The van der Waals surface area contributed by atoms with Crippen molar-refractivity contribution in [2.24, 2.45) is 5.92 Å². The summed E-state index contributed by atoms with van der Waals surface area (Å²) in [5, 5.41) is 2.85. The van der Waals surface area contributed by atoms with Crippen molar-refractivity contribution in [1.29, 1.82) is 0 Å². The summed E-state index contributed by atoms with van der Waals surface area (Å²) in [4.78, 5) is 26.6. The van der Waals surface area contributed by atoms with Gasteiger partial charge < -0.3 is 15.0 Å². The lowest BCUT2D eigenvalue weighted by atomic mass is 10.1. The zero-order chi connectivity index (χ0) is 16.9. The van der Waals surface area contributed by atoms with Crippen molar-refractivity contribution in [3.8, 4) is 5.75 Å².